The number of likely N-dealkylation sites (tertiary alicyclic amines) is 1. The third kappa shape index (κ3) is 4.84. The highest BCUT2D eigenvalue weighted by atomic mass is 16.5. The molecule has 1 rings (SSSR count). The summed E-state index contributed by atoms with van der Waals surface area (Å²) in [6, 6.07) is 0. The molecule has 6 nitrogen and oxygen atoms in total. The van der Waals surface area contributed by atoms with E-state index in [1.54, 1.807) is 6.92 Å². The maximum Gasteiger partial charge on any atom is 0.307 e. The minimum Gasteiger partial charge on any atom is -0.466 e. The van der Waals surface area contributed by atoms with Gasteiger partial charge < -0.3 is 15.0 Å². The zero-order valence-electron chi connectivity index (χ0n) is 10.0. The van der Waals surface area contributed by atoms with Crippen molar-refractivity contribution in [1.82, 2.24) is 10.2 Å². The molecule has 1 aliphatic heterocycles. The predicted molar refractivity (Wildman–Crippen MR) is 60.1 cm³/mol. The van der Waals surface area contributed by atoms with E-state index in [4.69, 9.17) is 4.74 Å². The molecule has 17 heavy (non-hydrogen) atoms. The van der Waals surface area contributed by atoms with Gasteiger partial charge in [0.2, 0.25) is 11.8 Å². The third-order valence-corrected chi connectivity index (χ3v) is 2.46. The fourth-order valence-electron chi connectivity index (χ4n) is 1.64. The van der Waals surface area contributed by atoms with E-state index in [1.807, 2.05) is 0 Å². The van der Waals surface area contributed by atoms with Crippen LogP contribution in [0.5, 0.6) is 0 Å². The summed E-state index contributed by atoms with van der Waals surface area (Å²) in [5.41, 5.74) is 0. The molecular weight excluding hydrogens is 224 g/mol. The van der Waals surface area contributed by atoms with Gasteiger partial charge in [0.25, 0.3) is 0 Å². The van der Waals surface area contributed by atoms with Crippen molar-refractivity contribution < 1.29 is 19.1 Å². The van der Waals surface area contributed by atoms with Crippen LogP contribution in [0.2, 0.25) is 0 Å². The lowest BCUT2D eigenvalue weighted by Gasteiger charge is -2.14. The minimum absolute atomic E-state index is 0.0190. The van der Waals surface area contributed by atoms with Crippen LogP contribution >= 0.6 is 0 Å². The maximum atomic E-state index is 11.4. The van der Waals surface area contributed by atoms with Gasteiger partial charge >= 0.3 is 5.97 Å². The average molecular weight is 242 g/mol. The van der Waals surface area contributed by atoms with Gasteiger partial charge in [-0.15, -0.1) is 0 Å². The van der Waals surface area contributed by atoms with E-state index in [2.05, 4.69) is 5.32 Å². The zero-order chi connectivity index (χ0) is 12.7. The summed E-state index contributed by atoms with van der Waals surface area (Å²) in [6.45, 7) is 3.05. The maximum absolute atomic E-state index is 11.4. The second-order valence-electron chi connectivity index (χ2n) is 3.82. The topological polar surface area (TPSA) is 75.7 Å². The largest absolute Gasteiger partial charge is 0.466 e. The Balaban J connectivity index is 2.13. The van der Waals surface area contributed by atoms with Gasteiger partial charge in [0.05, 0.1) is 19.6 Å². The highest BCUT2D eigenvalue weighted by Crippen LogP contribution is 2.08. The smallest absolute Gasteiger partial charge is 0.307 e. The summed E-state index contributed by atoms with van der Waals surface area (Å²) in [7, 11) is 0. The Morgan fingerprint density at radius 2 is 2.24 bits per heavy atom. The Hall–Kier alpha value is -1.59. The van der Waals surface area contributed by atoms with Gasteiger partial charge in [0.15, 0.2) is 0 Å². The summed E-state index contributed by atoms with van der Waals surface area (Å²) in [6.07, 6.45) is 1.50. The van der Waals surface area contributed by atoms with E-state index in [9.17, 15) is 14.4 Å². The number of carbonyl (C=O) groups excluding carboxylic acids is 3. The van der Waals surface area contributed by atoms with E-state index in [-0.39, 0.29) is 37.3 Å². The molecule has 0 aromatic carbocycles. The molecule has 0 radical (unpaired) electrons. The van der Waals surface area contributed by atoms with Gasteiger partial charge in [0.1, 0.15) is 0 Å². The molecule has 1 N–H and O–H groups in total. The molecule has 0 unspecified atom stereocenters. The van der Waals surface area contributed by atoms with Crippen LogP contribution in [0.25, 0.3) is 0 Å². The monoisotopic (exact) mass is 242 g/mol. The van der Waals surface area contributed by atoms with Gasteiger partial charge in [-0.3, -0.25) is 14.4 Å². The lowest BCUT2D eigenvalue weighted by Crippen LogP contribution is -2.38. The van der Waals surface area contributed by atoms with Crippen molar-refractivity contribution in [2.24, 2.45) is 0 Å². The summed E-state index contributed by atoms with van der Waals surface area (Å²) >= 11 is 0. The number of hydrogen-bond acceptors (Lipinski definition) is 4. The fraction of sp³-hybridized carbons (Fsp3) is 0.727. The van der Waals surface area contributed by atoms with Crippen molar-refractivity contribution in [3.05, 3.63) is 0 Å². The van der Waals surface area contributed by atoms with Crippen molar-refractivity contribution in [3.63, 3.8) is 0 Å². The van der Waals surface area contributed by atoms with Gasteiger partial charge in [-0.25, -0.2) is 0 Å². The Kier molecular flexibility index (Phi) is 5.45. The van der Waals surface area contributed by atoms with Crippen LogP contribution in [0.3, 0.4) is 0 Å². The number of carbonyl (C=O) groups is 3. The first-order valence-electron chi connectivity index (χ1n) is 5.83. The van der Waals surface area contributed by atoms with E-state index in [0.29, 0.717) is 19.6 Å². The highest BCUT2D eigenvalue weighted by molar-refractivity contribution is 5.86. The van der Waals surface area contributed by atoms with E-state index < -0.39 is 0 Å². The second-order valence-corrected chi connectivity index (χ2v) is 3.82. The van der Waals surface area contributed by atoms with E-state index in [0.717, 1.165) is 6.42 Å². The molecule has 1 aliphatic rings. The summed E-state index contributed by atoms with van der Waals surface area (Å²) in [5, 5.41) is 2.59. The zero-order valence-corrected chi connectivity index (χ0v) is 10.0. The van der Waals surface area contributed by atoms with Crippen LogP contribution in [-0.4, -0.2) is 48.9 Å². The summed E-state index contributed by atoms with van der Waals surface area (Å²) in [5.74, 6) is -0.542. The third-order valence-electron chi connectivity index (χ3n) is 2.46. The number of esters is 1. The van der Waals surface area contributed by atoms with E-state index in [1.165, 1.54) is 4.90 Å². The van der Waals surface area contributed by atoms with Crippen molar-refractivity contribution in [2.75, 3.05) is 26.2 Å². The van der Waals surface area contributed by atoms with Crippen molar-refractivity contribution in [2.45, 2.75) is 26.2 Å². The van der Waals surface area contributed by atoms with Gasteiger partial charge in [-0.05, 0) is 13.3 Å². The predicted octanol–water partition coefficient (Wildman–Crippen LogP) is -0.322. The highest BCUT2D eigenvalue weighted by Gasteiger charge is 2.22. The molecular formula is C11H18N2O4. The molecule has 0 saturated carbocycles. The molecule has 0 atom stereocenters. The Labute approximate surface area is 100 Å². The van der Waals surface area contributed by atoms with E-state index >= 15 is 0 Å². The Morgan fingerprint density at radius 3 is 2.82 bits per heavy atom. The summed E-state index contributed by atoms with van der Waals surface area (Å²) < 4.78 is 4.72. The molecule has 0 aromatic heterocycles. The quantitative estimate of drug-likeness (QED) is 0.648. The van der Waals surface area contributed by atoms with Crippen LogP contribution in [0, 0.1) is 0 Å². The van der Waals surface area contributed by atoms with Crippen LogP contribution in [-0.2, 0) is 19.1 Å². The first-order valence-corrected chi connectivity index (χ1v) is 5.83. The van der Waals surface area contributed by atoms with Crippen molar-refractivity contribution >= 4 is 17.8 Å². The van der Waals surface area contributed by atoms with Crippen molar-refractivity contribution in [1.29, 1.82) is 0 Å². The number of hydrogen-bond donors (Lipinski definition) is 1. The Bertz CT molecular complexity index is 304. The standard InChI is InChI=1S/C11H18N2O4/c1-2-17-11(16)5-6-12-9(14)8-13-7-3-4-10(13)15/h2-8H2,1H3,(H,12,14). The lowest BCUT2D eigenvalue weighted by molar-refractivity contribution is -0.143. The van der Waals surface area contributed by atoms with Crippen LogP contribution in [0.1, 0.15) is 26.2 Å². The van der Waals surface area contributed by atoms with Crippen molar-refractivity contribution in [3.8, 4) is 0 Å². The number of nitrogens with zero attached hydrogens (tertiary/aromatic N) is 1. The molecule has 2 amide bonds. The van der Waals surface area contributed by atoms with Gasteiger partial charge in [0, 0.05) is 19.5 Å². The molecule has 0 aliphatic carbocycles. The van der Waals surface area contributed by atoms with Crippen LogP contribution in [0.4, 0.5) is 0 Å². The second kappa shape index (κ2) is 6.88. The number of nitrogens with one attached hydrogen (secondary N) is 1. The minimum atomic E-state index is -0.329. The Morgan fingerprint density at radius 1 is 1.47 bits per heavy atom. The van der Waals surface area contributed by atoms with Gasteiger partial charge in [-0.2, -0.15) is 0 Å². The number of ether oxygens (including phenoxy) is 1. The van der Waals surface area contributed by atoms with Crippen LogP contribution in [0.15, 0.2) is 0 Å². The number of amides is 2. The van der Waals surface area contributed by atoms with Crippen LogP contribution < -0.4 is 5.32 Å². The first-order chi connectivity index (χ1) is 8.13. The molecule has 0 spiro atoms. The first kappa shape index (κ1) is 13.5. The fourth-order valence-corrected chi connectivity index (χ4v) is 1.64. The van der Waals surface area contributed by atoms with Gasteiger partial charge in [-0.1, -0.05) is 0 Å². The normalized spacial score (nSPS) is 14.9. The molecule has 1 saturated heterocycles. The SMILES string of the molecule is CCOC(=O)CCNC(=O)CN1CCCC1=O. The molecule has 6 heteroatoms. The molecule has 96 valence electrons. The molecule has 0 aromatic rings. The molecule has 1 fully saturated rings. The molecule has 1 heterocycles. The lowest BCUT2D eigenvalue weighted by atomic mass is 10.4. The molecule has 0 bridgehead atoms. The average Bonchev–Trinajstić information content (AvgIpc) is 2.65. The summed E-state index contributed by atoms with van der Waals surface area (Å²) in [4.78, 5) is 35.2. The number of rotatable bonds is 6.